The van der Waals surface area contributed by atoms with Gasteiger partial charge in [0.1, 0.15) is 12.7 Å². The Bertz CT molecular complexity index is 906. The molecule has 0 radical (unpaired) electrons. The van der Waals surface area contributed by atoms with Crippen LogP contribution in [0.3, 0.4) is 0 Å². The molecule has 2 N–H and O–H groups in total. The summed E-state index contributed by atoms with van der Waals surface area (Å²) in [7, 11) is 0. The van der Waals surface area contributed by atoms with Gasteiger partial charge in [-0.3, -0.25) is 0 Å². The number of rotatable bonds is 10. The Morgan fingerprint density at radius 1 is 1.07 bits per heavy atom. The van der Waals surface area contributed by atoms with Gasteiger partial charge in [-0.2, -0.15) is 5.10 Å². The van der Waals surface area contributed by atoms with Crippen molar-refractivity contribution in [2.45, 2.75) is 26.9 Å². The van der Waals surface area contributed by atoms with E-state index in [9.17, 15) is 0 Å². The van der Waals surface area contributed by atoms with Crippen LogP contribution < -0.4 is 10.6 Å². The zero-order valence-corrected chi connectivity index (χ0v) is 17.7. The highest BCUT2D eigenvalue weighted by atomic mass is 16.5. The summed E-state index contributed by atoms with van der Waals surface area (Å²) in [4.78, 5) is 8.75. The van der Waals surface area contributed by atoms with Gasteiger partial charge in [0, 0.05) is 19.7 Å². The zero-order chi connectivity index (χ0) is 21.0. The minimum atomic E-state index is 0.598. The first kappa shape index (κ1) is 21.5. The lowest BCUT2D eigenvalue weighted by Crippen LogP contribution is -2.39. The topological polar surface area (TPSA) is 76.4 Å². The number of aliphatic imine (C=N–C) groups is 1. The van der Waals surface area contributed by atoms with Crippen molar-refractivity contribution in [3.8, 4) is 11.1 Å². The van der Waals surface area contributed by atoms with Crippen LogP contribution in [-0.4, -0.2) is 47.0 Å². The molecule has 7 nitrogen and oxygen atoms in total. The van der Waals surface area contributed by atoms with Crippen LogP contribution in [-0.2, 0) is 17.8 Å². The monoisotopic (exact) mass is 406 g/mol. The summed E-state index contributed by atoms with van der Waals surface area (Å²) >= 11 is 0. The summed E-state index contributed by atoms with van der Waals surface area (Å²) < 4.78 is 7.21. The highest BCUT2D eigenvalue weighted by molar-refractivity contribution is 5.80. The third-order valence-corrected chi connectivity index (χ3v) is 4.59. The minimum Gasteiger partial charge on any atom is -0.380 e. The highest BCUT2D eigenvalue weighted by Crippen LogP contribution is 2.25. The second-order valence-electron chi connectivity index (χ2n) is 6.77. The standard InChI is InChI=1S/C23H30N6O/c1-3-25-23(26-13-14-30-4-2)27-15-21-7-5-6-8-22(21)20-11-9-19(10-12-20)16-29-18-24-17-28-29/h5-12,17-18H,3-4,13-16H2,1-2H3,(H2,25,26,27). The van der Waals surface area contributed by atoms with Gasteiger partial charge in [-0.15, -0.1) is 0 Å². The lowest BCUT2D eigenvalue weighted by Gasteiger charge is -2.13. The van der Waals surface area contributed by atoms with Crippen LogP contribution in [0, 0.1) is 0 Å². The van der Waals surface area contributed by atoms with Gasteiger partial charge in [0.25, 0.3) is 0 Å². The Morgan fingerprint density at radius 3 is 2.63 bits per heavy atom. The number of benzene rings is 2. The lowest BCUT2D eigenvalue weighted by molar-refractivity contribution is 0.152. The van der Waals surface area contributed by atoms with Crippen LogP contribution in [0.15, 0.2) is 66.2 Å². The largest absolute Gasteiger partial charge is 0.380 e. The fourth-order valence-corrected chi connectivity index (χ4v) is 3.12. The second-order valence-corrected chi connectivity index (χ2v) is 6.77. The maximum absolute atomic E-state index is 5.39. The molecule has 0 aliphatic carbocycles. The summed E-state index contributed by atoms with van der Waals surface area (Å²) in [6.07, 6.45) is 3.28. The van der Waals surface area contributed by atoms with Gasteiger partial charge < -0.3 is 15.4 Å². The molecule has 0 aliphatic rings. The van der Waals surface area contributed by atoms with E-state index in [2.05, 4.69) is 76.2 Å². The Balaban J connectivity index is 1.70. The van der Waals surface area contributed by atoms with Crippen molar-refractivity contribution in [2.24, 2.45) is 4.99 Å². The molecule has 0 spiro atoms. The van der Waals surface area contributed by atoms with Crippen molar-refractivity contribution in [3.05, 3.63) is 72.3 Å². The van der Waals surface area contributed by atoms with Crippen molar-refractivity contribution in [1.29, 1.82) is 0 Å². The molecule has 3 rings (SSSR count). The number of nitrogens with zero attached hydrogens (tertiary/aromatic N) is 4. The third kappa shape index (κ3) is 6.42. The molecule has 1 aromatic heterocycles. The van der Waals surface area contributed by atoms with Gasteiger partial charge in [-0.05, 0) is 36.1 Å². The summed E-state index contributed by atoms with van der Waals surface area (Å²) in [6.45, 7) is 8.31. The molecule has 2 aromatic carbocycles. The van der Waals surface area contributed by atoms with Gasteiger partial charge in [0.15, 0.2) is 5.96 Å². The second kappa shape index (κ2) is 11.7. The van der Waals surface area contributed by atoms with Gasteiger partial charge in [-0.1, -0.05) is 48.5 Å². The van der Waals surface area contributed by atoms with Gasteiger partial charge in [0.2, 0.25) is 0 Å². The van der Waals surface area contributed by atoms with E-state index in [4.69, 9.17) is 9.73 Å². The van der Waals surface area contributed by atoms with Crippen molar-refractivity contribution in [3.63, 3.8) is 0 Å². The van der Waals surface area contributed by atoms with Crippen LogP contribution in [0.5, 0.6) is 0 Å². The van der Waals surface area contributed by atoms with Crippen LogP contribution in [0.25, 0.3) is 11.1 Å². The van der Waals surface area contributed by atoms with Gasteiger partial charge >= 0.3 is 0 Å². The first-order valence-corrected chi connectivity index (χ1v) is 10.4. The number of aromatic nitrogens is 3. The van der Waals surface area contributed by atoms with E-state index >= 15 is 0 Å². The van der Waals surface area contributed by atoms with E-state index in [0.29, 0.717) is 19.7 Å². The average Bonchev–Trinajstić information content (AvgIpc) is 3.29. The van der Waals surface area contributed by atoms with Crippen molar-refractivity contribution in [2.75, 3.05) is 26.3 Å². The third-order valence-electron chi connectivity index (χ3n) is 4.59. The molecule has 0 saturated heterocycles. The molecule has 1 heterocycles. The highest BCUT2D eigenvalue weighted by Gasteiger charge is 2.06. The van der Waals surface area contributed by atoms with E-state index in [1.165, 1.54) is 22.3 Å². The summed E-state index contributed by atoms with van der Waals surface area (Å²) in [5.41, 5.74) is 4.74. The number of guanidine groups is 1. The lowest BCUT2D eigenvalue weighted by atomic mass is 9.98. The van der Waals surface area contributed by atoms with Crippen molar-refractivity contribution in [1.82, 2.24) is 25.4 Å². The van der Waals surface area contributed by atoms with Crippen LogP contribution in [0.1, 0.15) is 25.0 Å². The number of hydrogen-bond donors (Lipinski definition) is 2. The van der Waals surface area contributed by atoms with Crippen LogP contribution in [0.2, 0.25) is 0 Å². The fraction of sp³-hybridized carbons (Fsp3) is 0.348. The molecule has 0 saturated carbocycles. The Hall–Kier alpha value is -3.19. The van der Waals surface area contributed by atoms with E-state index < -0.39 is 0 Å². The Kier molecular flexibility index (Phi) is 8.41. The van der Waals surface area contributed by atoms with E-state index in [1.54, 1.807) is 12.7 Å². The predicted molar refractivity (Wildman–Crippen MR) is 120 cm³/mol. The normalized spacial score (nSPS) is 11.5. The number of nitrogens with one attached hydrogen (secondary N) is 2. The van der Waals surface area contributed by atoms with Crippen LogP contribution >= 0.6 is 0 Å². The number of hydrogen-bond acceptors (Lipinski definition) is 4. The molecule has 0 unspecified atom stereocenters. The molecule has 0 fully saturated rings. The molecule has 7 heteroatoms. The van der Waals surface area contributed by atoms with Gasteiger partial charge in [0.05, 0.1) is 19.7 Å². The predicted octanol–water partition coefficient (Wildman–Crippen LogP) is 3.09. The molecular weight excluding hydrogens is 376 g/mol. The maximum atomic E-state index is 5.39. The van der Waals surface area contributed by atoms with E-state index in [0.717, 1.165) is 25.7 Å². The van der Waals surface area contributed by atoms with E-state index in [-0.39, 0.29) is 0 Å². The van der Waals surface area contributed by atoms with E-state index in [1.807, 2.05) is 11.6 Å². The van der Waals surface area contributed by atoms with Crippen LogP contribution in [0.4, 0.5) is 0 Å². The smallest absolute Gasteiger partial charge is 0.191 e. The summed E-state index contributed by atoms with van der Waals surface area (Å²) in [6, 6.07) is 17.0. The molecular formula is C23H30N6O. The fourth-order valence-electron chi connectivity index (χ4n) is 3.12. The molecule has 0 atom stereocenters. The first-order chi connectivity index (χ1) is 14.8. The van der Waals surface area contributed by atoms with Crippen molar-refractivity contribution < 1.29 is 4.74 Å². The molecule has 30 heavy (non-hydrogen) atoms. The average molecular weight is 407 g/mol. The SMILES string of the molecule is CCNC(=NCc1ccccc1-c1ccc(Cn2cncn2)cc1)NCCOCC. The molecule has 0 aliphatic heterocycles. The molecule has 3 aromatic rings. The quantitative estimate of drug-likeness (QED) is 0.307. The number of ether oxygens (including phenoxy) is 1. The molecule has 0 bridgehead atoms. The van der Waals surface area contributed by atoms with Gasteiger partial charge in [-0.25, -0.2) is 14.7 Å². The Labute approximate surface area is 178 Å². The first-order valence-electron chi connectivity index (χ1n) is 10.4. The van der Waals surface area contributed by atoms with Crippen molar-refractivity contribution >= 4 is 5.96 Å². The Morgan fingerprint density at radius 2 is 1.90 bits per heavy atom. The maximum Gasteiger partial charge on any atom is 0.191 e. The summed E-state index contributed by atoms with van der Waals surface area (Å²) in [5.74, 6) is 0.801. The molecule has 158 valence electrons. The minimum absolute atomic E-state index is 0.598. The zero-order valence-electron chi connectivity index (χ0n) is 17.7. The molecule has 0 amide bonds. The summed E-state index contributed by atoms with van der Waals surface area (Å²) in [5, 5.41) is 10.8.